The average molecular weight is 260 g/mol. The van der Waals surface area contributed by atoms with Gasteiger partial charge in [-0.25, -0.2) is 4.79 Å². The molecule has 2 aromatic rings. The van der Waals surface area contributed by atoms with Crippen molar-refractivity contribution in [2.24, 2.45) is 0 Å². The van der Waals surface area contributed by atoms with Crippen LogP contribution < -0.4 is 10.2 Å². The van der Waals surface area contributed by atoms with Crippen molar-refractivity contribution in [1.82, 2.24) is 0 Å². The first-order valence-electron chi connectivity index (χ1n) is 5.73. The Kier molecular flexibility index (Phi) is 3.97. The van der Waals surface area contributed by atoms with Gasteiger partial charge in [0.1, 0.15) is 12.0 Å². The lowest BCUT2D eigenvalue weighted by Crippen LogP contribution is -2.10. The van der Waals surface area contributed by atoms with E-state index in [1.165, 1.54) is 0 Å². The standard InChI is InChI=1S/C14H12O5/c1-2-17-14(16)12-8-11(15)13(9-18-12)19-10-6-4-3-5-7-10/h3-9H,2H2,1H3. The summed E-state index contributed by atoms with van der Waals surface area (Å²) in [5, 5.41) is 0. The van der Waals surface area contributed by atoms with Gasteiger partial charge in [0.05, 0.1) is 6.61 Å². The quantitative estimate of drug-likeness (QED) is 0.790. The second-order valence-electron chi connectivity index (χ2n) is 3.61. The Bertz CT molecular complexity index is 615. The van der Waals surface area contributed by atoms with E-state index in [-0.39, 0.29) is 18.1 Å². The molecule has 0 atom stereocenters. The van der Waals surface area contributed by atoms with Crippen LogP contribution in [0, 0.1) is 0 Å². The Morgan fingerprint density at radius 1 is 1.26 bits per heavy atom. The number of esters is 1. The first-order valence-corrected chi connectivity index (χ1v) is 5.73. The van der Waals surface area contributed by atoms with Crippen molar-refractivity contribution in [2.75, 3.05) is 6.61 Å². The highest BCUT2D eigenvalue weighted by molar-refractivity contribution is 5.86. The first kappa shape index (κ1) is 12.9. The van der Waals surface area contributed by atoms with Gasteiger partial charge in [-0.2, -0.15) is 0 Å². The molecule has 0 bridgehead atoms. The van der Waals surface area contributed by atoms with Gasteiger partial charge < -0.3 is 13.9 Å². The lowest BCUT2D eigenvalue weighted by molar-refractivity contribution is 0.0486. The van der Waals surface area contributed by atoms with Crippen LogP contribution in [0.1, 0.15) is 17.5 Å². The van der Waals surface area contributed by atoms with Crippen molar-refractivity contribution in [1.29, 1.82) is 0 Å². The molecule has 0 saturated carbocycles. The van der Waals surface area contributed by atoms with Gasteiger partial charge in [-0.05, 0) is 19.1 Å². The van der Waals surface area contributed by atoms with Gasteiger partial charge in [0, 0.05) is 6.07 Å². The number of para-hydroxylation sites is 1. The van der Waals surface area contributed by atoms with Crippen LogP contribution in [0.4, 0.5) is 0 Å². The number of hydrogen-bond donors (Lipinski definition) is 0. The minimum Gasteiger partial charge on any atom is -0.460 e. The van der Waals surface area contributed by atoms with E-state index in [1.54, 1.807) is 31.2 Å². The molecule has 0 aliphatic heterocycles. The number of ether oxygens (including phenoxy) is 2. The molecule has 0 aliphatic rings. The lowest BCUT2D eigenvalue weighted by atomic mass is 10.3. The maximum absolute atomic E-state index is 11.8. The topological polar surface area (TPSA) is 65.7 Å². The minimum absolute atomic E-state index is 0.0132. The third-order valence-corrected chi connectivity index (χ3v) is 2.25. The molecule has 1 aromatic heterocycles. The zero-order valence-corrected chi connectivity index (χ0v) is 10.3. The molecular weight excluding hydrogens is 248 g/mol. The van der Waals surface area contributed by atoms with E-state index in [4.69, 9.17) is 13.9 Å². The predicted molar refractivity (Wildman–Crippen MR) is 67.5 cm³/mol. The van der Waals surface area contributed by atoms with Crippen molar-refractivity contribution in [3.05, 3.63) is 58.6 Å². The van der Waals surface area contributed by atoms with Crippen LogP contribution >= 0.6 is 0 Å². The molecule has 0 unspecified atom stereocenters. The molecule has 1 heterocycles. The monoisotopic (exact) mass is 260 g/mol. The third-order valence-electron chi connectivity index (χ3n) is 2.25. The van der Waals surface area contributed by atoms with E-state index in [9.17, 15) is 9.59 Å². The number of rotatable bonds is 4. The van der Waals surface area contributed by atoms with Crippen molar-refractivity contribution in [2.45, 2.75) is 6.92 Å². The molecule has 0 fully saturated rings. The van der Waals surface area contributed by atoms with Crippen LogP contribution in [0.25, 0.3) is 0 Å². The molecule has 0 N–H and O–H groups in total. The fraction of sp³-hybridized carbons (Fsp3) is 0.143. The minimum atomic E-state index is -0.675. The Labute approximate surface area is 109 Å². The highest BCUT2D eigenvalue weighted by Gasteiger charge is 2.13. The number of hydrogen-bond acceptors (Lipinski definition) is 5. The first-order chi connectivity index (χ1) is 9.20. The van der Waals surface area contributed by atoms with E-state index in [1.807, 2.05) is 6.07 Å². The Hall–Kier alpha value is -2.56. The second-order valence-corrected chi connectivity index (χ2v) is 3.61. The second kappa shape index (κ2) is 5.86. The summed E-state index contributed by atoms with van der Waals surface area (Å²) in [4.78, 5) is 23.1. The number of benzene rings is 1. The summed E-state index contributed by atoms with van der Waals surface area (Å²) < 4.78 is 15.1. The maximum atomic E-state index is 11.8. The summed E-state index contributed by atoms with van der Waals surface area (Å²) in [7, 11) is 0. The van der Waals surface area contributed by atoms with E-state index < -0.39 is 11.4 Å². The molecule has 0 saturated heterocycles. The molecule has 5 heteroatoms. The molecule has 1 aromatic carbocycles. The third kappa shape index (κ3) is 3.22. The highest BCUT2D eigenvalue weighted by atomic mass is 16.5. The maximum Gasteiger partial charge on any atom is 0.374 e. The van der Waals surface area contributed by atoms with Gasteiger partial charge in [-0.15, -0.1) is 0 Å². The van der Waals surface area contributed by atoms with Crippen LogP contribution in [0.3, 0.4) is 0 Å². The van der Waals surface area contributed by atoms with Crippen LogP contribution in [0.2, 0.25) is 0 Å². The lowest BCUT2D eigenvalue weighted by Gasteiger charge is -2.04. The molecule has 0 aliphatic carbocycles. The molecule has 0 spiro atoms. The van der Waals surface area contributed by atoms with Crippen molar-refractivity contribution in [3.63, 3.8) is 0 Å². The molecule has 2 rings (SSSR count). The molecular formula is C14H12O5. The summed E-state index contributed by atoms with van der Waals surface area (Å²) in [5.74, 6) is -0.295. The van der Waals surface area contributed by atoms with Crippen molar-refractivity contribution >= 4 is 5.97 Å². The fourth-order valence-electron chi connectivity index (χ4n) is 1.40. The molecule has 19 heavy (non-hydrogen) atoms. The number of carbonyl (C=O) groups excluding carboxylic acids is 1. The van der Waals surface area contributed by atoms with Gasteiger partial charge in [-0.3, -0.25) is 4.79 Å². The molecule has 0 amide bonds. The largest absolute Gasteiger partial charge is 0.460 e. The molecule has 5 nitrogen and oxygen atoms in total. The molecule has 0 radical (unpaired) electrons. The zero-order valence-electron chi connectivity index (χ0n) is 10.3. The highest BCUT2D eigenvalue weighted by Crippen LogP contribution is 2.17. The smallest absolute Gasteiger partial charge is 0.374 e. The van der Waals surface area contributed by atoms with E-state index in [0.717, 1.165) is 12.3 Å². The van der Waals surface area contributed by atoms with Gasteiger partial charge in [0.15, 0.2) is 0 Å². The van der Waals surface area contributed by atoms with E-state index >= 15 is 0 Å². The van der Waals surface area contributed by atoms with Gasteiger partial charge in [0.25, 0.3) is 0 Å². The van der Waals surface area contributed by atoms with Crippen molar-refractivity contribution < 1.29 is 18.7 Å². The Morgan fingerprint density at radius 3 is 2.63 bits per heavy atom. The van der Waals surface area contributed by atoms with Gasteiger partial charge >= 0.3 is 5.97 Å². The summed E-state index contributed by atoms with van der Waals surface area (Å²) in [5.41, 5.74) is -0.446. The summed E-state index contributed by atoms with van der Waals surface area (Å²) in [6.45, 7) is 1.88. The Morgan fingerprint density at radius 2 is 2.00 bits per heavy atom. The zero-order chi connectivity index (χ0) is 13.7. The summed E-state index contributed by atoms with van der Waals surface area (Å²) >= 11 is 0. The van der Waals surface area contributed by atoms with Crippen LogP contribution in [0.5, 0.6) is 11.5 Å². The Balaban J connectivity index is 2.21. The van der Waals surface area contributed by atoms with Gasteiger partial charge in [0.2, 0.25) is 16.9 Å². The summed E-state index contributed by atoms with van der Waals surface area (Å²) in [6.07, 6.45) is 1.10. The normalized spacial score (nSPS) is 9.95. The number of carbonyl (C=O) groups is 1. The van der Waals surface area contributed by atoms with Crippen molar-refractivity contribution in [3.8, 4) is 11.5 Å². The predicted octanol–water partition coefficient (Wildman–Crippen LogP) is 2.61. The van der Waals surface area contributed by atoms with Crippen LogP contribution in [-0.2, 0) is 4.74 Å². The average Bonchev–Trinajstić information content (AvgIpc) is 2.42. The van der Waals surface area contributed by atoms with Crippen LogP contribution in [0.15, 0.2) is 51.9 Å². The van der Waals surface area contributed by atoms with Gasteiger partial charge in [-0.1, -0.05) is 18.2 Å². The SMILES string of the molecule is CCOC(=O)c1cc(=O)c(Oc2ccccc2)co1. The van der Waals surface area contributed by atoms with Crippen LogP contribution in [-0.4, -0.2) is 12.6 Å². The summed E-state index contributed by atoms with van der Waals surface area (Å²) in [6, 6.07) is 9.86. The molecule has 98 valence electrons. The van der Waals surface area contributed by atoms with E-state index in [0.29, 0.717) is 5.75 Å². The fourth-order valence-corrected chi connectivity index (χ4v) is 1.40. The van der Waals surface area contributed by atoms with E-state index in [2.05, 4.69) is 0 Å².